The van der Waals surface area contributed by atoms with Crippen molar-refractivity contribution in [3.05, 3.63) is 35.9 Å². The van der Waals surface area contributed by atoms with E-state index in [9.17, 15) is 4.79 Å². The van der Waals surface area contributed by atoms with Crippen LogP contribution in [0.15, 0.2) is 30.3 Å². The minimum absolute atomic E-state index is 0.0951. The van der Waals surface area contributed by atoms with Crippen molar-refractivity contribution in [2.45, 2.75) is 64.5 Å². The number of hydrogen-bond donors (Lipinski definition) is 1. The van der Waals surface area contributed by atoms with Gasteiger partial charge in [0.05, 0.1) is 0 Å². The number of nitrogens with two attached hydrogens (primary N) is 1. The molecule has 0 radical (unpaired) electrons. The Morgan fingerprint density at radius 1 is 1.15 bits per heavy atom. The molecule has 0 aliphatic rings. The minimum Gasteiger partial charge on any atom is -0.460 e. The summed E-state index contributed by atoms with van der Waals surface area (Å²) in [5.41, 5.74) is 6.93. The lowest BCUT2D eigenvalue weighted by Gasteiger charge is -2.19. The average Bonchev–Trinajstić information content (AvgIpc) is 2.37. The van der Waals surface area contributed by atoms with Gasteiger partial charge in [0.2, 0.25) is 0 Å². The van der Waals surface area contributed by atoms with E-state index < -0.39 is 0 Å². The van der Waals surface area contributed by atoms with Crippen LogP contribution in [0.25, 0.3) is 0 Å². The fourth-order valence-corrected chi connectivity index (χ4v) is 2.07. The molecule has 0 bridgehead atoms. The maximum Gasteiger partial charge on any atom is 0.306 e. The summed E-state index contributed by atoms with van der Waals surface area (Å²) in [7, 11) is 0. The minimum atomic E-state index is -0.382. The molecule has 3 nitrogen and oxygen atoms in total. The number of carbonyl (C=O) groups excluding carboxylic acids is 1. The van der Waals surface area contributed by atoms with Crippen molar-refractivity contribution in [2.75, 3.05) is 0 Å². The standard InChI is InChI=1S/C17H27NO2/c1-17(2,3)20-16(19)13-9-5-8-12-15(18)14-10-6-4-7-11-14/h4,6-7,10-11,15H,5,8-9,12-13,18H2,1-3H3. The molecular weight excluding hydrogens is 250 g/mol. The van der Waals surface area contributed by atoms with Gasteiger partial charge in [-0.1, -0.05) is 43.2 Å². The van der Waals surface area contributed by atoms with Crippen LogP contribution in [0.4, 0.5) is 0 Å². The summed E-state index contributed by atoms with van der Waals surface area (Å²) in [6.45, 7) is 5.68. The largest absolute Gasteiger partial charge is 0.460 e. The predicted molar refractivity (Wildman–Crippen MR) is 82.3 cm³/mol. The summed E-state index contributed by atoms with van der Waals surface area (Å²) < 4.78 is 5.27. The van der Waals surface area contributed by atoms with Gasteiger partial charge in [-0.15, -0.1) is 0 Å². The van der Waals surface area contributed by atoms with Crippen LogP contribution in [-0.4, -0.2) is 11.6 Å². The molecule has 1 aromatic carbocycles. The Balaban J connectivity index is 2.12. The van der Waals surface area contributed by atoms with Gasteiger partial charge >= 0.3 is 5.97 Å². The summed E-state index contributed by atoms with van der Waals surface area (Å²) in [4.78, 5) is 11.5. The molecule has 3 heteroatoms. The van der Waals surface area contributed by atoms with E-state index in [4.69, 9.17) is 10.5 Å². The fraction of sp³-hybridized carbons (Fsp3) is 0.588. The maximum atomic E-state index is 11.5. The molecule has 1 unspecified atom stereocenters. The molecule has 1 aromatic rings. The first-order chi connectivity index (χ1) is 9.38. The normalized spacial score (nSPS) is 13.0. The third kappa shape index (κ3) is 7.29. The smallest absolute Gasteiger partial charge is 0.306 e. The fourth-order valence-electron chi connectivity index (χ4n) is 2.07. The van der Waals surface area contributed by atoms with E-state index >= 15 is 0 Å². The van der Waals surface area contributed by atoms with Gasteiger partial charge in [0.1, 0.15) is 5.60 Å². The van der Waals surface area contributed by atoms with Gasteiger partial charge in [-0.05, 0) is 39.2 Å². The lowest BCUT2D eigenvalue weighted by molar-refractivity contribution is -0.154. The molecule has 0 heterocycles. The van der Waals surface area contributed by atoms with Crippen molar-refractivity contribution in [1.29, 1.82) is 0 Å². The van der Waals surface area contributed by atoms with Gasteiger partial charge in [-0.25, -0.2) is 0 Å². The lowest BCUT2D eigenvalue weighted by Crippen LogP contribution is -2.23. The van der Waals surface area contributed by atoms with Gasteiger partial charge in [-0.3, -0.25) is 4.79 Å². The highest BCUT2D eigenvalue weighted by Crippen LogP contribution is 2.17. The van der Waals surface area contributed by atoms with E-state index in [1.807, 2.05) is 39.0 Å². The molecular formula is C17H27NO2. The molecule has 20 heavy (non-hydrogen) atoms. The van der Waals surface area contributed by atoms with Crippen molar-refractivity contribution < 1.29 is 9.53 Å². The van der Waals surface area contributed by atoms with Crippen LogP contribution in [0.3, 0.4) is 0 Å². The van der Waals surface area contributed by atoms with E-state index in [2.05, 4.69) is 12.1 Å². The van der Waals surface area contributed by atoms with Crippen LogP contribution in [-0.2, 0) is 9.53 Å². The Hall–Kier alpha value is -1.35. The van der Waals surface area contributed by atoms with E-state index in [1.54, 1.807) is 0 Å². The van der Waals surface area contributed by atoms with E-state index in [0.29, 0.717) is 6.42 Å². The molecule has 0 saturated carbocycles. The zero-order valence-corrected chi connectivity index (χ0v) is 12.9. The lowest BCUT2D eigenvalue weighted by atomic mass is 10.0. The summed E-state index contributed by atoms with van der Waals surface area (Å²) in [5, 5.41) is 0. The molecule has 0 fully saturated rings. The Morgan fingerprint density at radius 2 is 1.80 bits per heavy atom. The molecule has 1 atom stereocenters. The first-order valence-corrected chi connectivity index (χ1v) is 7.41. The SMILES string of the molecule is CC(C)(C)OC(=O)CCCCCC(N)c1ccccc1. The number of unbranched alkanes of at least 4 members (excludes halogenated alkanes) is 2. The highest BCUT2D eigenvalue weighted by Gasteiger charge is 2.15. The van der Waals surface area contributed by atoms with Crippen molar-refractivity contribution in [1.82, 2.24) is 0 Å². The van der Waals surface area contributed by atoms with Crippen LogP contribution < -0.4 is 5.73 Å². The van der Waals surface area contributed by atoms with E-state index in [1.165, 1.54) is 5.56 Å². The maximum absolute atomic E-state index is 11.5. The van der Waals surface area contributed by atoms with Crippen LogP contribution in [0.5, 0.6) is 0 Å². The molecule has 0 aromatic heterocycles. The second kappa shape index (κ2) is 8.05. The number of esters is 1. The quantitative estimate of drug-likeness (QED) is 0.606. The second-order valence-electron chi connectivity index (χ2n) is 6.20. The first-order valence-electron chi connectivity index (χ1n) is 7.41. The number of hydrogen-bond acceptors (Lipinski definition) is 3. The van der Waals surface area contributed by atoms with Crippen LogP contribution in [0.1, 0.15) is 64.5 Å². The zero-order chi connectivity index (χ0) is 15.0. The Kier molecular flexibility index (Phi) is 6.73. The van der Waals surface area contributed by atoms with Gasteiger partial charge in [0, 0.05) is 12.5 Å². The van der Waals surface area contributed by atoms with Crippen LogP contribution in [0, 0.1) is 0 Å². The molecule has 112 valence electrons. The van der Waals surface area contributed by atoms with Gasteiger partial charge < -0.3 is 10.5 Å². The summed E-state index contributed by atoms with van der Waals surface area (Å²) in [5.74, 6) is -0.107. The van der Waals surface area contributed by atoms with Crippen molar-refractivity contribution >= 4 is 5.97 Å². The number of rotatable bonds is 7. The van der Waals surface area contributed by atoms with Gasteiger partial charge in [0.15, 0.2) is 0 Å². The molecule has 0 aliphatic carbocycles. The summed E-state index contributed by atoms with van der Waals surface area (Å²) in [6.07, 6.45) is 4.38. The molecule has 0 saturated heterocycles. The Morgan fingerprint density at radius 3 is 2.40 bits per heavy atom. The third-order valence-corrected chi connectivity index (χ3v) is 3.04. The monoisotopic (exact) mass is 277 g/mol. The first kappa shape index (κ1) is 16.7. The van der Waals surface area contributed by atoms with E-state index in [-0.39, 0.29) is 17.6 Å². The predicted octanol–water partition coefficient (Wildman–Crippen LogP) is 3.98. The summed E-state index contributed by atoms with van der Waals surface area (Å²) >= 11 is 0. The molecule has 2 N–H and O–H groups in total. The molecule has 0 spiro atoms. The van der Waals surface area contributed by atoms with Gasteiger partial charge in [-0.2, -0.15) is 0 Å². The highest BCUT2D eigenvalue weighted by molar-refractivity contribution is 5.69. The second-order valence-corrected chi connectivity index (χ2v) is 6.20. The molecule has 0 aliphatic heterocycles. The number of carbonyl (C=O) groups is 1. The number of ether oxygens (including phenoxy) is 1. The molecule has 0 amide bonds. The highest BCUT2D eigenvalue weighted by atomic mass is 16.6. The zero-order valence-electron chi connectivity index (χ0n) is 12.9. The molecule has 1 rings (SSSR count). The Labute approximate surface area is 122 Å². The van der Waals surface area contributed by atoms with Crippen molar-refractivity contribution in [3.63, 3.8) is 0 Å². The van der Waals surface area contributed by atoms with E-state index in [0.717, 1.165) is 25.7 Å². The average molecular weight is 277 g/mol. The van der Waals surface area contributed by atoms with Crippen LogP contribution in [0.2, 0.25) is 0 Å². The third-order valence-electron chi connectivity index (χ3n) is 3.04. The topological polar surface area (TPSA) is 52.3 Å². The van der Waals surface area contributed by atoms with Crippen LogP contribution >= 0.6 is 0 Å². The van der Waals surface area contributed by atoms with Gasteiger partial charge in [0.25, 0.3) is 0 Å². The Bertz CT molecular complexity index is 395. The number of benzene rings is 1. The summed E-state index contributed by atoms with van der Waals surface area (Å²) in [6, 6.07) is 10.2. The van der Waals surface area contributed by atoms with Crippen molar-refractivity contribution in [2.24, 2.45) is 5.73 Å². The van der Waals surface area contributed by atoms with Crippen molar-refractivity contribution in [3.8, 4) is 0 Å².